The molecule has 0 fully saturated rings. The molecule has 0 heterocycles. The quantitative estimate of drug-likeness (QED) is 0.473. The molecule has 0 aromatic heterocycles. The van der Waals surface area contributed by atoms with Crippen molar-refractivity contribution in [3.8, 4) is 0 Å². The maximum atomic E-state index is 7.83. The van der Waals surface area contributed by atoms with Crippen molar-refractivity contribution in [2.75, 3.05) is 0 Å². The summed E-state index contributed by atoms with van der Waals surface area (Å²) in [5.74, 6) is 0. The Balaban J connectivity index is -0.00000000500. The average molecular weight is 238 g/mol. The van der Waals surface area contributed by atoms with Gasteiger partial charge < -0.3 is 11.0 Å². The fourth-order valence-electron chi connectivity index (χ4n) is 0. The molecule has 39 valence electrons. The van der Waals surface area contributed by atoms with E-state index in [4.69, 9.17) is 13.1 Å². The number of hydrogen-bond acceptors (Lipinski definition) is 2. The molecule has 0 rings (SSSR count). The van der Waals surface area contributed by atoms with Crippen LogP contribution in [0, 0.1) is 0 Å². The molecular formula is H4ClO3SSn. The monoisotopic (exact) mass is 239 g/mol. The molecule has 0 spiro atoms. The SMILES string of the molecule is O.O.O=S.[Cl][Sn]. The minimum absolute atomic E-state index is 0. The molecular weight excluding hydrogens is 234 g/mol. The van der Waals surface area contributed by atoms with Gasteiger partial charge in [-0.3, -0.25) is 0 Å². The third kappa shape index (κ3) is 77.1. The summed E-state index contributed by atoms with van der Waals surface area (Å²) in [6.45, 7) is 0. The van der Waals surface area contributed by atoms with Crippen LogP contribution < -0.4 is 0 Å². The standard InChI is InChI=1S/ClH.OS.2H2O.Sn/c;1-2;;;/h1H;;2*1H2;/q;;;;+1/p-1. The molecule has 0 aliphatic rings. The fraction of sp³-hybridized carbons (Fsp3) is 0. The van der Waals surface area contributed by atoms with E-state index in [0.29, 0.717) is 0 Å². The van der Waals surface area contributed by atoms with Crippen LogP contribution in [0.4, 0.5) is 0 Å². The van der Waals surface area contributed by atoms with Gasteiger partial charge in [0.2, 0.25) is 0 Å². The summed E-state index contributed by atoms with van der Waals surface area (Å²) in [6.07, 6.45) is 0. The van der Waals surface area contributed by atoms with Gasteiger partial charge in [0.1, 0.15) is 0 Å². The molecule has 6 heteroatoms. The number of rotatable bonds is 0. The van der Waals surface area contributed by atoms with Crippen molar-refractivity contribution in [3.05, 3.63) is 0 Å². The average Bonchev–Trinajstić information content (AvgIpc) is 1.50. The third-order valence-corrected chi connectivity index (χ3v) is 0. The molecule has 0 aliphatic heterocycles. The van der Waals surface area contributed by atoms with Crippen molar-refractivity contribution >= 4 is 42.9 Å². The second-order valence-electron chi connectivity index (χ2n) is 0. The van der Waals surface area contributed by atoms with E-state index >= 15 is 0 Å². The van der Waals surface area contributed by atoms with Crippen molar-refractivity contribution < 1.29 is 15.2 Å². The van der Waals surface area contributed by atoms with Crippen LogP contribution in [-0.4, -0.2) is 36.6 Å². The van der Waals surface area contributed by atoms with Gasteiger partial charge >= 0.3 is 30.3 Å². The zero-order valence-electron chi connectivity index (χ0n) is 2.69. The Morgan fingerprint density at radius 1 is 1.17 bits per heavy atom. The van der Waals surface area contributed by atoms with Gasteiger partial charge in [0.15, 0.2) is 12.5 Å². The van der Waals surface area contributed by atoms with Crippen LogP contribution in [0.3, 0.4) is 0 Å². The molecule has 4 N–H and O–H groups in total. The number of halogens is 1. The van der Waals surface area contributed by atoms with E-state index in [9.17, 15) is 0 Å². The van der Waals surface area contributed by atoms with Crippen molar-refractivity contribution in [3.63, 3.8) is 0 Å². The Bertz CT molecular complexity index is 10.8. The first kappa shape index (κ1) is 27.8. The van der Waals surface area contributed by atoms with E-state index in [1.54, 1.807) is 0 Å². The van der Waals surface area contributed by atoms with Crippen LogP contribution in [0.15, 0.2) is 0 Å². The predicted molar refractivity (Wildman–Crippen MR) is 27.0 cm³/mol. The summed E-state index contributed by atoms with van der Waals surface area (Å²) in [6, 6.07) is 0. The van der Waals surface area contributed by atoms with Gasteiger partial charge in [-0.05, 0) is 0 Å². The molecule has 0 bridgehead atoms. The summed E-state index contributed by atoms with van der Waals surface area (Å²) < 4.78 is 7.83. The molecule has 0 aromatic carbocycles. The molecule has 3 nitrogen and oxygen atoms in total. The van der Waals surface area contributed by atoms with E-state index in [0.717, 1.165) is 21.4 Å². The van der Waals surface area contributed by atoms with E-state index in [1.807, 2.05) is 0 Å². The minimum atomic E-state index is 0. The normalized spacial score (nSPS) is 1.67. The van der Waals surface area contributed by atoms with Crippen LogP contribution in [-0.2, 0) is 12.5 Å². The topological polar surface area (TPSA) is 80.1 Å². The fourth-order valence-corrected chi connectivity index (χ4v) is 0. The second-order valence-corrected chi connectivity index (χ2v) is 0. The Labute approximate surface area is 58.0 Å². The summed E-state index contributed by atoms with van der Waals surface area (Å²) in [7, 11) is 4.73. The summed E-state index contributed by atoms with van der Waals surface area (Å²) in [5, 5.41) is 0. The molecule has 0 amide bonds. The van der Waals surface area contributed by atoms with E-state index < -0.39 is 0 Å². The Hall–Kier alpha value is 1.03. The third-order valence-electron chi connectivity index (χ3n) is 0. The second kappa shape index (κ2) is 144. The first-order valence-corrected chi connectivity index (χ1v) is 4.30. The molecule has 0 unspecified atom stereocenters. The molecule has 0 aromatic rings. The molecule has 3 radical (unpaired) electrons. The van der Waals surface area contributed by atoms with Crippen molar-refractivity contribution in [2.24, 2.45) is 0 Å². The van der Waals surface area contributed by atoms with E-state index in [1.165, 1.54) is 0 Å². The van der Waals surface area contributed by atoms with E-state index in [2.05, 4.69) is 12.5 Å². The molecule has 0 aliphatic carbocycles. The summed E-state index contributed by atoms with van der Waals surface area (Å²) in [4.78, 5) is 0. The van der Waals surface area contributed by atoms with Crippen LogP contribution in [0.5, 0.6) is 0 Å². The Morgan fingerprint density at radius 3 is 1.17 bits per heavy atom. The van der Waals surface area contributed by atoms with Gasteiger partial charge in [-0.25, -0.2) is 0 Å². The predicted octanol–water partition coefficient (Wildman–Crippen LogP) is -1.68. The molecule has 0 saturated heterocycles. The van der Waals surface area contributed by atoms with Crippen LogP contribution in [0.2, 0.25) is 0 Å². The summed E-state index contributed by atoms with van der Waals surface area (Å²) in [5.41, 5.74) is 0. The van der Waals surface area contributed by atoms with Gasteiger partial charge in [0.25, 0.3) is 0 Å². The zero-order chi connectivity index (χ0) is 4.00. The van der Waals surface area contributed by atoms with Crippen LogP contribution >= 0.6 is 8.92 Å². The van der Waals surface area contributed by atoms with Crippen molar-refractivity contribution in [2.45, 2.75) is 0 Å². The summed E-state index contributed by atoms with van der Waals surface area (Å²) >= 11 is 3.86. The number of hydrogen-bond donors (Lipinski definition) is 0. The Kier molecular flexibility index (Phi) is 669. The van der Waals surface area contributed by atoms with Gasteiger partial charge in [0.05, 0.1) is 0 Å². The van der Waals surface area contributed by atoms with Gasteiger partial charge in [0, 0.05) is 0 Å². The molecule has 0 atom stereocenters. The molecule has 0 saturated carbocycles. The maximum absolute atomic E-state index is 7.83. The zero-order valence-corrected chi connectivity index (χ0v) is 7.12. The first-order valence-electron chi connectivity index (χ1n) is 0.356. The Morgan fingerprint density at radius 2 is 1.17 bits per heavy atom. The van der Waals surface area contributed by atoms with E-state index in [-0.39, 0.29) is 11.0 Å². The van der Waals surface area contributed by atoms with Gasteiger partial charge in [-0.15, -0.1) is 0 Å². The first-order chi connectivity index (χ1) is 2.00. The molecule has 6 heavy (non-hydrogen) atoms. The van der Waals surface area contributed by atoms with Crippen LogP contribution in [0.1, 0.15) is 0 Å². The van der Waals surface area contributed by atoms with Crippen molar-refractivity contribution in [1.82, 2.24) is 0 Å². The van der Waals surface area contributed by atoms with Crippen LogP contribution in [0.25, 0.3) is 0 Å². The van der Waals surface area contributed by atoms with Gasteiger partial charge in [-0.1, -0.05) is 0 Å². The van der Waals surface area contributed by atoms with Crippen molar-refractivity contribution in [1.29, 1.82) is 0 Å². The van der Waals surface area contributed by atoms with Gasteiger partial charge in [-0.2, -0.15) is 4.21 Å².